The molecule has 0 saturated carbocycles. The Labute approximate surface area is 178 Å². The number of carbonyl (C=O) groups is 1. The maximum Gasteiger partial charge on any atom is 0.257 e. The van der Waals surface area contributed by atoms with E-state index in [2.05, 4.69) is 55.3 Å². The van der Waals surface area contributed by atoms with Gasteiger partial charge in [-0.1, -0.05) is 24.3 Å². The van der Waals surface area contributed by atoms with Crippen molar-refractivity contribution in [3.8, 4) is 0 Å². The first-order valence-electron chi connectivity index (χ1n) is 10.7. The maximum atomic E-state index is 13.1. The second kappa shape index (κ2) is 8.42. The van der Waals surface area contributed by atoms with E-state index in [4.69, 9.17) is 4.98 Å². The summed E-state index contributed by atoms with van der Waals surface area (Å²) in [6.07, 6.45) is 4.80. The molecule has 30 heavy (non-hydrogen) atoms. The van der Waals surface area contributed by atoms with Crippen molar-refractivity contribution < 1.29 is 4.79 Å². The molecule has 1 aromatic carbocycles. The lowest BCUT2D eigenvalue weighted by molar-refractivity contribution is 0.0705. The maximum absolute atomic E-state index is 13.1. The van der Waals surface area contributed by atoms with Gasteiger partial charge in [-0.05, 0) is 68.9 Å². The van der Waals surface area contributed by atoms with Gasteiger partial charge in [-0.25, -0.2) is 0 Å². The monoisotopic (exact) mass is 402 g/mol. The van der Waals surface area contributed by atoms with Gasteiger partial charge in [0.15, 0.2) is 0 Å². The average Bonchev–Trinajstić information content (AvgIpc) is 3.07. The van der Waals surface area contributed by atoms with Gasteiger partial charge in [-0.15, -0.1) is 0 Å². The van der Waals surface area contributed by atoms with E-state index in [1.807, 2.05) is 25.1 Å². The number of carbonyl (C=O) groups excluding carboxylic acids is 1. The van der Waals surface area contributed by atoms with Crippen molar-refractivity contribution in [3.05, 3.63) is 81.9 Å². The van der Waals surface area contributed by atoms with Gasteiger partial charge in [-0.2, -0.15) is 5.10 Å². The van der Waals surface area contributed by atoms with Gasteiger partial charge in [0.05, 0.1) is 11.3 Å². The van der Waals surface area contributed by atoms with Gasteiger partial charge in [0.2, 0.25) is 0 Å². The van der Waals surface area contributed by atoms with Gasteiger partial charge in [0, 0.05) is 43.6 Å². The van der Waals surface area contributed by atoms with Crippen LogP contribution in [0.2, 0.25) is 0 Å². The minimum atomic E-state index is 0.0816. The molecule has 0 bridgehead atoms. The second-order valence-electron chi connectivity index (χ2n) is 8.54. The Morgan fingerprint density at radius 2 is 1.97 bits per heavy atom. The third kappa shape index (κ3) is 4.30. The van der Waals surface area contributed by atoms with E-state index in [9.17, 15) is 4.79 Å². The summed E-state index contributed by atoms with van der Waals surface area (Å²) in [5.74, 6) is 0.355. The number of piperidine rings is 1. The summed E-state index contributed by atoms with van der Waals surface area (Å²) in [6, 6.07) is 13.0. The molecule has 1 aliphatic rings. The normalized spacial score (nSPS) is 16.7. The minimum absolute atomic E-state index is 0.0816. The number of aryl methyl sites for hydroxylation is 4. The van der Waals surface area contributed by atoms with Crippen molar-refractivity contribution in [1.82, 2.24) is 19.7 Å². The summed E-state index contributed by atoms with van der Waals surface area (Å²) in [5.41, 5.74) is 7.60. The number of hydrogen-bond donors (Lipinski definition) is 0. The lowest BCUT2D eigenvalue weighted by Crippen LogP contribution is -2.39. The first kappa shape index (κ1) is 20.3. The zero-order valence-electron chi connectivity index (χ0n) is 18.4. The number of aromatic nitrogens is 3. The number of pyridine rings is 1. The van der Waals surface area contributed by atoms with E-state index in [0.29, 0.717) is 12.1 Å². The van der Waals surface area contributed by atoms with Crippen LogP contribution in [0.3, 0.4) is 0 Å². The van der Waals surface area contributed by atoms with E-state index in [1.165, 1.54) is 16.7 Å². The van der Waals surface area contributed by atoms with E-state index in [1.54, 1.807) is 4.68 Å². The molecule has 0 radical (unpaired) electrons. The summed E-state index contributed by atoms with van der Waals surface area (Å²) in [4.78, 5) is 19.9. The van der Waals surface area contributed by atoms with Crippen LogP contribution in [0.4, 0.5) is 0 Å². The van der Waals surface area contributed by atoms with Gasteiger partial charge in [-0.3, -0.25) is 14.5 Å². The van der Waals surface area contributed by atoms with Crippen LogP contribution in [0, 0.1) is 20.8 Å². The summed E-state index contributed by atoms with van der Waals surface area (Å²) in [6.45, 7) is 7.64. The summed E-state index contributed by atoms with van der Waals surface area (Å²) in [7, 11) is 1.86. The molecule has 3 heterocycles. The molecule has 0 N–H and O–H groups in total. The zero-order valence-corrected chi connectivity index (χ0v) is 18.4. The van der Waals surface area contributed by atoms with Crippen LogP contribution >= 0.6 is 0 Å². The summed E-state index contributed by atoms with van der Waals surface area (Å²) >= 11 is 0. The SMILES string of the molecule is Cc1cc(Cc2ccccc2C)cc([C@H]2CCCN(C(=O)c3cn(C)nc3C)C2)n1. The number of rotatable bonds is 4. The Bertz CT molecular complexity index is 1070. The smallest absolute Gasteiger partial charge is 0.257 e. The average molecular weight is 403 g/mol. The largest absolute Gasteiger partial charge is 0.338 e. The third-order valence-electron chi connectivity index (χ3n) is 6.06. The first-order valence-corrected chi connectivity index (χ1v) is 10.7. The van der Waals surface area contributed by atoms with Gasteiger partial charge in [0.25, 0.3) is 5.91 Å². The highest BCUT2D eigenvalue weighted by molar-refractivity contribution is 5.95. The third-order valence-corrected chi connectivity index (χ3v) is 6.06. The molecule has 4 rings (SSSR count). The topological polar surface area (TPSA) is 51.0 Å². The molecule has 1 amide bonds. The van der Waals surface area contributed by atoms with Crippen LogP contribution in [0.1, 0.15) is 62.9 Å². The lowest BCUT2D eigenvalue weighted by atomic mass is 9.91. The van der Waals surface area contributed by atoms with Crippen LogP contribution in [0.5, 0.6) is 0 Å². The fourth-order valence-corrected chi connectivity index (χ4v) is 4.49. The fraction of sp³-hybridized carbons (Fsp3) is 0.400. The van der Waals surface area contributed by atoms with Crippen molar-refractivity contribution >= 4 is 5.91 Å². The van der Waals surface area contributed by atoms with Crippen LogP contribution in [0.25, 0.3) is 0 Å². The molecule has 0 unspecified atom stereocenters. The molecule has 5 heteroatoms. The van der Waals surface area contributed by atoms with Crippen molar-refractivity contribution in [3.63, 3.8) is 0 Å². The molecular weight excluding hydrogens is 372 g/mol. The van der Waals surface area contributed by atoms with Gasteiger partial charge < -0.3 is 4.90 Å². The fourth-order valence-electron chi connectivity index (χ4n) is 4.49. The second-order valence-corrected chi connectivity index (χ2v) is 8.54. The van der Waals surface area contributed by atoms with Crippen LogP contribution in [-0.4, -0.2) is 38.7 Å². The first-order chi connectivity index (χ1) is 14.4. The molecule has 0 aliphatic carbocycles. The standard InChI is InChI=1S/C25H30N4O/c1-17-8-5-6-9-21(17)13-20-12-18(2)26-24(14-20)22-10-7-11-29(15-22)25(30)23-16-28(4)27-19(23)3/h5-6,8-9,12,14,16,22H,7,10-11,13,15H2,1-4H3/t22-/m0/s1. The van der Waals surface area contributed by atoms with E-state index >= 15 is 0 Å². The Balaban J connectivity index is 1.55. The Morgan fingerprint density at radius 1 is 1.17 bits per heavy atom. The molecule has 3 aromatic rings. The molecule has 5 nitrogen and oxygen atoms in total. The van der Waals surface area contributed by atoms with E-state index < -0.39 is 0 Å². The van der Waals surface area contributed by atoms with Gasteiger partial charge in [0.1, 0.15) is 0 Å². The molecule has 1 atom stereocenters. The zero-order chi connectivity index (χ0) is 21.3. The van der Waals surface area contributed by atoms with Crippen molar-refractivity contribution in [2.45, 2.75) is 46.0 Å². The number of likely N-dealkylation sites (tertiary alicyclic amines) is 1. The Hall–Kier alpha value is -2.95. The molecule has 0 spiro atoms. The molecule has 1 aliphatic heterocycles. The summed E-state index contributed by atoms with van der Waals surface area (Å²) in [5, 5.41) is 4.33. The number of amides is 1. The molecular formula is C25H30N4O. The molecule has 1 fully saturated rings. The lowest BCUT2D eigenvalue weighted by Gasteiger charge is -2.32. The van der Waals surface area contributed by atoms with Crippen molar-refractivity contribution in [2.75, 3.05) is 13.1 Å². The highest BCUT2D eigenvalue weighted by Gasteiger charge is 2.28. The summed E-state index contributed by atoms with van der Waals surface area (Å²) < 4.78 is 1.71. The number of hydrogen-bond acceptors (Lipinski definition) is 3. The number of benzene rings is 1. The number of nitrogens with zero attached hydrogens (tertiary/aromatic N) is 4. The molecule has 1 saturated heterocycles. The Morgan fingerprint density at radius 3 is 2.70 bits per heavy atom. The predicted octanol–water partition coefficient (Wildman–Crippen LogP) is 4.35. The van der Waals surface area contributed by atoms with Crippen LogP contribution in [0.15, 0.2) is 42.6 Å². The van der Waals surface area contributed by atoms with Crippen molar-refractivity contribution in [2.24, 2.45) is 7.05 Å². The molecule has 2 aromatic heterocycles. The minimum Gasteiger partial charge on any atom is -0.338 e. The van der Waals surface area contributed by atoms with Crippen LogP contribution < -0.4 is 0 Å². The van der Waals surface area contributed by atoms with E-state index in [0.717, 1.165) is 42.9 Å². The van der Waals surface area contributed by atoms with Crippen molar-refractivity contribution in [1.29, 1.82) is 0 Å². The van der Waals surface area contributed by atoms with Crippen LogP contribution in [-0.2, 0) is 13.5 Å². The quantitative estimate of drug-likeness (QED) is 0.652. The Kier molecular flexibility index (Phi) is 5.71. The van der Waals surface area contributed by atoms with Gasteiger partial charge >= 0.3 is 0 Å². The molecule has 156 valence electrons. The highest BCUT2D eigenvalue weighted by atomic mass is 16.2. The highest BCUT2D eigenvalue weighted by Crippen LogP contribution is 2.28. The van der Waals surface area contributed by atoms with E-state index in [-0.39, 0.29) is 11.8 Å². The predicted molar refractivity (Wildman–Crippen MR) is 119 cm³/mol.